The molecule has 0 bridgehead atoms. The molecular formula is C14H18N4O2S. The molecule has 1 unspecified atom stereocenters. The Morgan fingerprint density at radius 2 is 1.90 bits per heavy atom. The van der Waals surface area contributed by atoms with Crippen LogP contribution >= 0.6 is 0 Å². The van der Waals surface area contributed by atoms with Crippen LogP contribution in [-0.2, 0) is 10.0 Å². The number of nitrogen functional groups attached to an aromatic ring is 1. The second-order valence-electron chi connectivity index (χ2n) is 4.85. The van der Waals surface area contributed by atoms with Gasteiger partial charge in [0.15, 0.2) is 0 Å². The number of hydrogen-bond acceptors (Lipinski definition) is 5. The lowest BCUT2D eigenvalue weighted by Gasteiger charge is -2.24. The van der Waals surface area contributed by atoms with E-state index in [1.807, 2.05) is 6.92 Å². The molecule has 0 aromatic carbocycles. The summed E-state index contributed by atoms with van der Waals surface area (Å²) in [7, 11) is -2.08. The van der Waals surface area contributed by atoms with Crippen molar-refractivity contribution in [2.75, 3.05) is 12.8 Å². The summed E-state index contributed by atoms with van der Waals surface area (Å²) in [5.41, 5.74) is 7.14. The maximum absolute atomic E-state index is 12.6. The quantitative estimate of drug-likeness (QED) is 0.929. The van der Waals surface area contributed by atoms with Crippen LogP contribution in [0.15, 0.2) is 41.7 Å². The predicted octanol–water partition coefficient (Wildman–Crippen LogP) is 1.75. The summed E-state index contributed by atoms with van der Waals surface area (Å²) in [6.45, 7) is 3.55. The van der Waals surface area contributed by atoms with Gasteiger partial charge in [-0.25, -0.2) is 13.4 Å². The fourth-order valence-corrected chi connectivity index (χ4v) is 3.31. The number of rotatable bonds is 4. The lowest BCUT2D eigenvalue weighted by atomic mass is 10.1. The first-order valence-corrected chi connectivity index (χ1v) is 7.88. The van der Waals surface area contributed by atoms with Crippen molar-refractivity contribution in [3.63, 3.8) is 0 Å². The summed E-state index contributed by atoms with van der Waals surface area (Å²) in [4.78, 5) is 7.99. The molecule has 112 valence electrons. The number of nitrogens with two attached hydrogens (primary N) is 1. The van der Waals surface area contributed by atoms with Crippen LogP contribution in [0.25, 0.3) is 0 Å². The van der Waals surface area contributed by atoms with Gasteiger partial charge in [0.25, 0.3) is 0 Å². The molecule has 0 radical (unpaired) electrons. The molecule has 0 spiro atoms. The van der Waals surface area contributed by atoms with Gasteiger partial charge in [-0.1, -0.05) is 0 Å². The van der Waals surface area contributed by atoms with E-state index in [1.54, 1.807) is 38.5 Å². The maximum Gasteiger partial charge on any atom is 0.244 e. The largest absolute Gasteiger partial charge is 0.383 e. The van der Waals surface area contributed by atoms with Gasteiger partial charge in [-0.15, -0.1) is 0 Å². The van der Waals surface area contributed by atoms with Crippen LogP contribution < -0.4 is 5.73 Å². The molecule has 0 saturated heterocycles. The summed E-state index contributed by atoms with van der Waals surface area (Å²) in [5.74, 6) is 0.332. The van der Waals surface area contributed by atoms with E-state index in [0.29, 0.717) is 11.4 Å². The molecule has 6 nitrogen and oxygen atoms in total. The minimum Gasteiger partial charge on any atom is -0.383 e. The van der Waals surface area contributed by atoms with Gasteiger partial charge < -0.3 is 5.73 Å². The number of aromatic nitrogens is 2. The van der Waals surface area contributed by atoms with Crippen LogP contribution in [0.4, 0.5) is 5.82 Å². The van der Waals surface area contributed by atoms with Crippen LogP contribution in [0.2, 0.25) is 0 Å². The monoisotopic (exact) mass is 306 g/mol. The molecule has 0 aliphatic heterocycles. The Balaban J connectivity index is 2.36. The first-order chi connectivity index (χ1) is 9.84. The van der Waals surface area contributed by atoms with E-state index in [0.717, 1.165) is 5.56 Å². The second kappa shape index (κ2) is 5.79. The SMILES string of the molecule is Cc1cc(S(=O)(=O)N(C)C(C)c2ccncc2)cnc1N. The number of pyridine rings is 2. The highest BCUT2D eigenvalue weighted by molar-refractivity contribution is 7.89. The van der Waals surface area contributed by atoms with Gasteiger partial charge in [-0.2, -0.15) is 4.31 Å². The fourth-order valence-electron chi connectivity index (χ4n) is 1.93. The van der Waals surface area contributed by atoms with E-state index >= 15 is 0 Å². The lowest BCUT2D eigenvalue weighted by Crippen LogP contribution is -2.30. The normalized spacial score (nSPS) is 13.3. The molecule has 0 amide bonds. The zero-order chi connectivity index (χ0) is 15.6. The predicted molar refractivity (Wildman–Crippen MR) is 81.0 cm³/mol. The third-order valence-electron chi connectivity index (χ3n) is 3.50. The molecule has 2 aromatic rings. The maximum atomic E-state index is 12.6. The highest BCUT2D eigenvalue weighted by Crippen LogP contribution is 2.25. The molecule has 0 fully saturated rings. The topological polar surface area (TPSA) is 89.2 Å². The average Bonchev–Trinajstić information content (AvgIpc) is 2.49. The Kier molecular flexibility index (Phi) is 4.24. The van der Waals surface area contributed by atoms with E-state index in [9.17, 15) is 8.42 Å². The minimum atomic E-state index is -3.63. The van der Waals surface area contributed by atoms with E-state index in [-0.39, 0.29) is 10.9 Å². The van der Waals surface area contributed by atoms with Crippen LogP contribution in [0.5, 0.6) is 0 Å². The Hall–Kier alpha value is -1.99. The number of anilines is 1. The average molecular weight is 306 g/mol. The van der Waals surface area contributed by atoms with E-state index in [4.69, 9.17) is 5.73 Å². The third kappa shape index (κ3) is 3.03. The van der Waals surface area contributed by atoms with Crippen LogP contribution in [-0.4, -0.2) is 29.7 Å². The van der Waals surface area contributed by atoms with Crippen molar-refractivity contribution in [2.24, 2.45) is 0 Å². The number of nitrogens with zero attached hydrogens (tertiary/aromatic N) is 3. The molecule has 0 saturated carbocycles. The lowest BCUT2D eigenvalue weighted by molar-refractivity contribution is 0.398. The summed E-state index contributed by atoms with van der Waals surface area (Å²) >= 11 is 0. The Bertz CT molecular complexity index is 732. The number of hydrogen-bond donors (Lipinski definition) is 1. The fraction of sp³-hybridized carbons (Fsp3) is 0.286. The molecule has 2 N–H and O–H groups in total. The highest BCUT2D eigenvalue weighted by atomic mass is 32.2. The summed E-state index contributed by atoms with van der Waals surface area (Å²) in [6, 6.07) is 4.82. The Morgan fingerprint density at radius 3 is 2.48 bits per heavy atom. The van der Waals surface area contributed by atoms with Gasteiger partial charge in [0.2, 0.25) is 10.0 Å². The van der Waals surface area contributed by atoms with Gasteiger partial charge in [-0.3, -0.25) is 4.98 Å². The molecule has 21 heavy (non-hydrogen) atoms. The summed E-state index contributed by atoms with van der Waals surface area (Å²) < 4.78 is 26.6. The molecule has 2 aromatic heterocycles. The number of sulfonamides is 1. The smallest absolute Gasteiger partial charge is 0.244 e. The van der Waals surface area contributed by atoms with Crippen LogP contribution in [0.3, 0.4) is 0 Å². The molecule has 2 rings (SSSR count). The van der Waals surface area contributed by atoms with Crippen molar-refractivity contribution in [1.29, 1.82) is 0 Å². The molecular weight excluding hydrogens is 288 g/mol. The van der Waals surface area contributed by atoms with Crippen LogP contribution in [0, 0.1) is 6.92 Å². The molecule has 7 heteroatoms. The van der Waals surface area contributed by atoms with Gasteiger partial charge in [0.1, 0.15) is 10.7 Å². The van der Waals surface area contributed by atoms with E-state index in [2.05, 4.69) is 9.97 Å². The van der Waals surface area contributed by atoms with Gasteiger partial charge in [-0.05, 0) is 43.2 Å². The third-order valence-corrected chi connectivity index (χ3v) is 5.40. The molecule has 1 atom stereocenters. The molecule has 0 aliphatic carbocycles. The van der Waals surface area contributed by atoms with Crippen molar-refractivity contribution in [2.45, 2.75) is 24.8 Å². The minimum absolute atomic E-state index is 0.137. The van der Waals surface area contributed by atoms with Crippen molar-refractivity contribution >= 4 is 15.8 Å². The summed E-state index contributed by atoms with van der Waals surface area (Å²) in [5, 5.41) is 0. The van der Waals surface area contributed by atoms with E-state index < -0.39 is 10.0 Å². The zero-order valence-electron chi connectivity index (χ0n) is 12.2. The van der Waals surface area contributed by atoms with Crippen molar-refractivity contribution < 1.29 is 8.42 Å². The molecule has 2 heterocycles. The zero-order valence-corrected chi connectivity index (χ0v) is 13.0. The van der Waals surface area contributed by atoms with Crippen molar-refractivity contribution in [3.05, 3.63) is 47.9 Å². The van der Waals surface area contributed by atoms with Gasteiger partial charge >= 0.3 is 0 Å². The molecule has 0 aliphatic rings. The highest BCUT2D eigenvalue weighted by Gasteiger charge is 2.26. The Morgan fingerprint density at radius 1 is 1.29 bits per heavy atom. The van der Waals surface area contributed by atoms with Crippen LogP contribution in [0.1, 0.15) is 24.1 Å². The number of aryl methyl sites for hydroxylation is 1. The first-order valence-electron chi connectivity index (χ1n) is 6.44. The van der Waals surface area contributed by atoms with Crippen molar-refractivity contribution in [3.8, 4) is 0 Å². The first kappa shape index (κ1) is 15.4. The van der Waals surface area contributed by atoms with E-state index in [1.165, 1.54) is 16.6 Å². The standard InChI is InChI=1S/C14H18N4O2S/c1-10-8-13(9-17-14(10)15)21(19,20)18(3)11(2)12-4-6-16-7-5-12/h4-9,11H,1-3H3,(H2,15,17). The Labute approximate surface area is 124 Å². The van der Waals surface area contributed by atoms with Gasteiger partial charge in [0.05, 0.1) is 0 Å². The summed E-state index contributed by atoms with van der Waals surface area (Å²) in [6.07, 6.45) is 4.57. The second-order valence-corrected chi connectivity index (χ2v) is 6.85. The van der Waals surface area contributed by atoms with Gasteiger partial charge in [0, 0.05) is 31.7 Å². The van der Waals surface area contributed by atoms with Crippen molar-refractivity contribution in [1.82, 2.24) is 14.3 Å².